The number of benzene rings is 1. The Labute approximate surface area is 124 Å². The standard InChI is InChI=1S/C15H23BrClN/c1-4-6-7-12(5-2)10-18-15-9-14(17)11(3)8-13(15)16/h8-9,12,18H,4-7,10H2,1-3H3. The highest BCUT2D eigenvalue weighted by Gasteiger charge is 2.08. The molecule has 1 rings (SSSR count). The van der Waals surface area contributed by atoms with Crippen LogP contribution in [0.15, 0.2) is 16.6 Å². The van der Waals surface area contributed by atoms with Crippen LogP contribution in [0.3, 0.4) is 0 Å². The summed E-state index contributed by atoms with van der Waals surface area (Å²) in [6.07, 6.45) is 5.12. The number of aryl methyl sites for hydroxylation is 1. The van der Waals surface area contributed by atoms with Crippen molar-refractivity contribution in [2.75, 3.05) is 11.9 Å². The number of halogens is 2. The predicted octanol–water partition coefficient (Wildman–Crippen LogP) is 6.04. The second-order valence-electron chi connectivity index (χ2n) is 4.88. The highest BCUT2D eigenvalue weighted by molar-refractivity contribution is 9.10. The molecule has 1 nitrogen and oxygen atoms in total. The second kappa shape index (κ2) is 8.06. The topological polar surface area (TPSA) is 12.0 Å². The van der Waals surface area contributed by atoms with E-state index in [1.54, 1.807) is 0 Å². The van der Waals surface area contributed by atoms with Crippen molar-refractivity contribution in [3.8, 4) is 0 Å². The lowest BCUT2D eigenvalue weighted by atomic mass is 9.99. The predicted molar refractivity (Wildman–Crippen MR) is 85.7 cm³/mol. The summed E-state index contributed by atoms with van der Waals surface area (Å²) in [6.45, 7) is 7.55. The van der Waals surface area contributed by atoms with Crippen molar-refractivity contribution in [1.82, 2.24) is 0 Å². The summed E-state index contributed by atoms with van der Waals surface area (Å²) in [7, 11) is 0. The van der Waals surface area contributed by atoms with Crippen LogP contribution in [0, 0.1) is 12.8 Å². The van der Waals surface area contributed by atoms with Crippen LogP contribution in [-0.4, -0.2) is 6.54 Å². The van der Waals surface area contributed by atoms with Crippen LogP contribution in [0.2, 0.25) is 5.02 Å². The van der Waals surface area contributed by atoms with Crippen LogP contribution >= 0.6 is 27.5 Å². The Kier molecular flexibility index (Phi) is 7.10. The van der Waals surface area contributed by atoms with Gasteiger partial charge >= 0.3 is 0 Å². The Morgan fingerprint density at radius 2 is 2.06 bits per heavy atom. The molecule has 0 aliphatic carbocycles. The van der Waals surface area contributed by atoms with E-state index < -0.39 is 0 Å². The van der Waals surface area contributed by atoms with Gasteiger partial charge in [-0.15, -0.1) is 0 Å². The van der Waals surface area contributed by atoms with Crippen molar-refractivity contribution in [2.24, 2.45) is 5.92 Å². The summed E-state index contributed by atoms with van der Waals surface area (Å²) >= 11 is 9.74. The van der Waals surface area contributed by atoms with Gasteiger partial charge in [0.25, 0.3) is 0 Å². The monoisotopic (exact) mass is 331 g/mol. The van der Waals surface area contributed by atoms with Gasteiger partial charge in [0.1, 0.15) is 0 Å². The van der Waals surface area contributed by atoms with Gasteiger partial charge in [0.15, 0.2) is 0 Å². The fraction of sp³-hybridized carbons (Fsp3) is 0.600. The molecule has 1 aromatic carbocycles. The molecule has 0 fully saturated rings. The summed E-state index contributed by atoms with van der Waals surface area (Å²) in [5.41, 5.74) is 2.20. The summed E-state index contributed by atoms with van der Waals surface area (Å²) in [4.78, 5) is 0. The molecular formula is C15H23BrClN. The van der Waals surface area contributed by atoms with Crippen LogP contribution in [-0.2, 0) is 0 Å². The first kappa shape index (κ1) is 15.8. The Bertz CT molecular complexity index is 379. The molecule has 0 aliphatic rings. The molecule has 18 heavy (non-hydrogen) atoms. The first-order valence-corrected chi connectivity index (χ1v) is 7.95. The van der Waals surface area contributed by atoms with Crippen molar-refractivity contribution in [3.63, 3.8) is 0 Å². The van der Waals surface area contributed by atoms with Gasteiger partial charge < -0.3 is 5.32 Å². The zero-order valence-electron chi connectivity index (χ0n) is 11.5. The maximum Gasteiger partial charge on any atom is 0.0499 e. The van der Waals surface area contributed by atoms with Gasteiger partial charge in [0, 0.05) is 21.7 Å². The van der Waals surface area contributed by atoms with Gasteiger partial charge in [0.2, 0.25) is 0 Å². The van der Waals surface area contributed by atoms with E-state index in [-0.39, 0.29) is 0 Å². The Balaban J connectivity index is 2.59. The molecule has 3 heteroatoms. The molecule has 1 N–H and O–H groups in total. The number of rotatable bonds is 7. The first-order valence-electron chi connectivity index (χ1n) is 6.78. The van der Waals surface area contributed by atoms with E-state index in [2.05, 4.69) is 41.2 Å². The van der Waals surface area contributed by atoms with Gasteiger partial charge in [-0.25, -0.2) is 0 Å². The number of nitrogens with one attached hydrogen (secondary N) is 1. The Hall–Kier alpha value is -0.210. The van der Waals surface area contributed by atoms with Crippen molar-refractivity contribution in [1.29, 1.82) is 0 Å². The highest BCUT2D eigenvalue weighted by Crippen LogP contribution is 2.29. The molecule has 0 bridgehead atoms. The van der Waals surface area contributed by atoms with Crippen molar-refractivity contribution in [3.05, 3.63) is 27.2 Å². The van der Waals surface area contributed by atoms with E-state index >= 15 is 0 Å². The van der Waals surface area contributed by atoms with Gasteiger partial charge in [-0.05, 0) is 52.9 Å². The molecule has 1 atom stereocenters. The summed E-state index contributed by atoms with van der Waals surface area (Å²) in [5, 5.41) is 4.33. The molecule has 1 aromatic rings. The number of hydrogen-bond acceptors (Lipinski definition) is 1. The minimum atomic E-state index is 0.747. The van der Waals surface area contributed by atoms with Crippen molar-refractivity contribution < 1.29 is 0 Å². The highest BCUT2D eigenvalue weighted by atomic mass is 79.9. The molecule has 0 aliphatic heterocycles. The van der Waals surface area contributed by atoms with Crippen molar-refractivity contribution in [2.45, 2.75) is 46.5 Å². The number of hydrogen-bond donors (Lipinski definition) is 1. The normalized spacial score (nSPS) is 12.5. The van der Waals surface area contributed by atoms with E-state index in [9.17, 15) is 0 Å². The second-order valence-corrected chi connectivity index (χ2v) is 6.14. The zero-order valence-corrected chi connectivity index (χ0v) is 13.9. The van der Waals surface area contributed by atoms with Crippen LogP contribution in [0.4, 0.5) is 5.69 Å². The molecule has 0 saturated carbocycles. The molecule has 0 aromatic heterocycles. The van der Waals surface area contributed by atoms with Crippen LogP contribution < -0.4 is 5.32 Å². The summed E-state index contributed by atoms with van der Waals surface area (Å²) in [5.74, 6) is 0.747. The first-order chi connectivity index (χ1) is 8.58. The zero-order chi connectivity index (χ0) is 13.5. The van der Waals surface area contributed by atoms with Crippen LogP contribution in [0.1, 0.15) is 45.1 Å². The largest absolute Gasteiger partial charge is 0.384 e. The Morgan fingerprint density at radius 1 is 1.33 bits per heavy atom. The van der Waals surface area contributed by atoms with E-state index in [0.29, 0.717) is 0 Å². The third-order valence-corrected chi connectivity index (χ3v) is 4.44. The SMILES string of the molecule is CCCCC(CC)CNc1cc(Cl)c(C)cc1Br. The molecule has 0 heterocycles. The van der Waals surface area contributed by atoms with Crippen molar-refractivity contribution >= 4 is 33.2 Å². The van der Waals surface area contributed by atoms with Gasteiger partial charge in [0.05, 0.1) is 0 Å². The minimum Gasteiger partial charge on any atom is -0.384 e. The molecule has 0 saturated heterocycles. The third kappa shape index (κ3) is 4.81. The molecule has 0 amide bonds. The van der Waals surface area contributed by atoms with Gasteiger partial charge in [-0.2, -0.15) is 0 Å². The van der Waals surface area contributed by atoms with Gasteiger partial charge in [-0.3, -0.25) is 0 Å². The molecule has 0 radical (unpaired) electrons. The fourth-order valence-electron chi connectivity index (χ4n) is 1.98. The average molecular weight is 333 g/mol. The van der Waals surface area contributed by atoms with E-state index in [1.165, 1.54) is 25.7 Å². The maximum atomic E-state index is 6.16. The minimum absolute atomic E-state index is 0.747. The lowest BCUT2D eigenvalue weighted by Gasteiger charge is -2.17. The summed E-state index contributed by atoms with van der Waals surface area (Å²) < 4.78 is 1.09. The van der Waals surface area contributed by atoms with E-state index in [1.807, 2.05) is 13.0 Å². The molecular weight excluding hydrogens is 310 g/mol. The molecule has 0 spiro atoms. The number of anilines is 1. The fourth-order valence-corrected chi connectivity index (χ4v) is 2.74. The van der Waals surface area contributed by atoms with E-state index in [4.69, 9.17) is 11.6 Å². The number of unbranched alkanes of at least 4 members (excludes halogenated alkanes) is 1. The third-order valence-electron chi connectivity index (χ3n) is 3.37. The molecule has 102 valence electrons. The Morgan fingerprint density at radius 3 is 2.67 bits per heavy atom. The van der Waals surface area contributed by atoms with Crippen LogP contribution in [0.5, 0.6) is 0 Å². The average Bonchev–Trinajstić information content (AvgIpc) is 2.35. The quantitative estimate of drug-likeness (QED) is 0.642. The van der Waals surface area contributed by atoms with Gasteiger partial charge in [-0.1, -0.05) is 44.7 Å². The lowest BCUT2D eigenvalue weighted by Crippen LogP contribution is -2.14. The summed E-state index contributed by atoms with van der Waals surface area (Å²) in [6, 6.07) is 4.07. The molecule has 1 unspecified atom stereocenters. The lowest BCUT2D eigenvalue weighted by molar-refractivity contribution is 0.473. The smallest absolute Gasteiger partial charge is 0.0499 e. The van der Waals surface area contributed by atoms with E-state index in [0.717, 1.165) is 33.2 Å². The van der Waals surface area contributed by atoms with Crippen LogP contribution in [0.25, 0.3) is 0 Å². The maximum absolute atomic E-state index is 6.16.